The van der Waals surface area contributed by atoms with Gasteiger partial charge in [-0.25, -0.2) is 9.79 Å². The lowest BCUT2D eigenvalue weighted by Crippen LogP contribution is -2.41. The van der Waals surface area contributed by atoms with Crippen LogP contribution in [0.15, 0.2) is 52.4 Å². The molecule has 0 saturated heterocycles. The normalized spacial score (nSPS) is 14.9. The van der Waals surface area contributed by atoms with Crippen molar-refractivity contribution >= 4 is 41.0 Å². The minimum atomic E-state index is -5.49. The third kappa shape index (κ3) is 4.24. The highest BCUT2D eigenvalue weighted by molar-refractivity contribution is 7.94. The van der Waals surface area contributed by atoms with Crippen LogP contribution in [0.5, 0.6) is 0 Å². The molecule has 2 aliphatic rings. The Morgan fingerprint density at radius 2 is 1.78 bits per heavy atom. The number of ketones is 1. The van der Waals surface area contributed by atoms with Crippen molar-refractivity contribution in [2.24, 2.45) is 5.73 Å². The fraction of sp³-hybridized carbons (Fsp3) is 0.0870. The summed E-state index contributed by atoms with van der Waals surface area (Å²) in [7, 11) is 1.16. The number of hydrogen-bond donors (Lipinski definition) is 1. The molecular weight excluding hydrogens is 517 g/mol. The molecule has 0 bridgehead atoms. The van der Waals surface area contributed by atoms with E-state index in [2.05, 4.69) is 14.3 Å². The SMILES string of the molecule is COOOSc1ccc(C2=C3C(=O)c4ccc(C#N)cc4C(N)=C3C(=O)N2C(=O)C(F)(F)F)cc1C#N. The van der Waals surface area contributed by atoms with E-state index in [0.29, 0.717) is 12.0 Å². The number of rotatable bonds is 5. The number of amides is 2. The van der Waals surface area contributed by atoms with Crippen LogP contribution in [0.1, 0.15) is 32.6 Å². The number of nitrogens with zero attached hydrogens (tertiary/aromatic N) is 3. The summed E-state index contributed by atoms with van der Waals surface area (Å²) in [6, 6.07) is 10.9. The van der Waals surface area contributed by atoms with Crippen LogP contribution in [0.2, 0.25) is 0 Å². The van der Waals surface area contributed by atoms with Gasteiger partial charge in [-0.15, -0.1) is 4.33 Å². The van der Waals surface area contributed by atoms with Gasteiger partial charge in [0.2, 0.25) is 0 Å². The summed E-state index contributed by atoms with van der Waals surface area (Å²) in [5.74, 6) is -4.92. The number of hydrogen-bond acceptors (Lipinski definition) is 10. The van der Waals surface area contributed by atoms with Gasteiger partial charge in [0, 0.05) is 16.7 Å². The molecule has 0 aromatic heterocycles. The van der Waals surface area contributed by atoms with Gasteiger partial charge in [0.05, 0.1) is 63.8 Å². The number of alkyl halides is 3. The molecule has 0 saturated carbocycles. The standard InChI is InChI=1S/C23H11F3N4O6S/c1-34-35-36-37-15-5-3-11(7-12(15)9-28)19-17-16(21(32)30(19)22(33)23(24,25)26)18(29)14-6-10(8-27)2-4-13(14)20(17)31/h2-7H,29H2,1H3. The number of halogens is 3. The van der Waals surface area contributed by atoms with Gasteiger partial charge in [-0.2, -0.15) is 23.7 Å². The Labute approximate surface area is 210 Å². The quantitative estimate of drug-likeness (QED) is 0.265. The van der Waals surface area contributed by atoms with Crippen LogP contribution in [0, 0.1) is 22.7 Å². The predicted octanol–water partition coefficient (Wildman–Crippen LogP) is 3.16. The molecule has 0 unspecified atom stereocenters. The minimum absolute atomic E-state index is 0.0310. The van der Waals surface area contributed by atoms with Gasteiger partial charge >= 0.3 is 12.1 Å². The van der Waals surface area contributed by atoms with Crippen LogP contribution in [0.25, 0.3) is 11.4 Å². The first-order valence-corrected chi connectivity index (χ1v) is 10.7. The Hall–Kier alpha value is -4.47. The maximum Gasteiger partial charge on any atom is 0.472 e. The number of benzene rings is 2. The second-order valence-electron chi connectivity index (χ2n) is 7.37. The molecule has 0 atom stereocenters. The molecule has 2 aromatic carbocycles. The number of Topliss-reactive ketones (excluding diaryl/α,β-unsaturated/α-hetero) is 1. The molecule has 2 aromatic rings. The second kappa shape index (κ2) is 9.53. The number of nitriles is 2. The topological polar surface area (TPSA) is 156 Å². The van der Waals surface area contributed by atoms with Crippen molar-refractivity contribution in [2.45, 2.75) is 11.1 Å². The van der Waals surface area contributed by atoms with Crippen molar-refractivity contribution in [2.75, 3.05) is 7.11 Å². The predicted molar refractivity (Wildman–Crippen MR) is 118 cm³/mol. The molecular formula is C23H11F3N4O6S. The summed E-state index contributed by atoms with van der Waals surface area (Å²) in [5, 5.41) is 23.0. The average Bonchev–Trinajstić information content (AvgIpc) is 3.19. The summed E-state index contributed by atoms with van der Waals surface area (Å²) in [6.45, 7) is 0. The van der Waals surface area contributed by atoms with Gasteiger partial charge in [-0.1, -0.05) is 11.1 Å². The highest BCUT2D eigenvalue weighted by atomic mass is 32.2. The fourth-order valence-electron chi connectivity index (χ4n) is 3.84. The zero-order valence-electron chi connectivity index (χ0n) is 18.4. The lowest BCUT2D eigenvalue weighted by Gasteiger charge is -2.20. The van der Waals surface area contributed by atoms with Crippen molar-refractivity contribution < 1.29 is 41.8 Å². The minimum Gasteiger partial charge on any atom is -0.398 e. The number of carbonyl (C=O) groups is 3. The van der Waals surface area contributed by atoms with Gasteiger partial charge < -0.3 is 5.73 Å². The number of nitrogens with two attached hydrogens (primary N) is 1. The molecule has 0 radical (unpaired) electrons. The van der Waals surface area contributed by atoms with E-state index in [1.165, 1.54) is 30.3 Å². The lowest BCUT2D eigenvalue weighted by molar-refractivity contribution is -0.447. The largest absolute Gasteiger partial charge is 0.472 e. The molecule has 1 heterocycles. The Morgan fingerprint density at radius 1 is 1.05 bits per heavy atom. The van der Waals surface area contributed by atoms with Crippen LogP contribution in [-0.4, -0.2) is 35.8 Å². The van der Waals surface area contributed by atoms with Crippen molar-refractivity contribution in [3.8, 4) is 12.1 Å². The number of fused-ring (bicyclic) bond motifs is 2. The Morgan fingerprint density at radius 3 is 2.41 bits per heavy atom. The molecule has 0 fully saturated rings. The third-order valence-electron chi connectivity index (χ3n) is 5.35. The zero-order valence-corrected chi connectivity index (χ0v) is 19.2. The van der Waals surface area contributed by atoms with E-state index in [9.17, 15) is 32.8 Å². The van der Waals surface area contributed by atoms with E-state index in [1.807, 2.05) is 12.1 Å². The molecule has 37 heavy (non-hydrogen) atoms. The fourth-order valence-corrected chi connectivity index (χ4v) is 4.31. The molecule has 4 rings (SSSR count). The first-order chi connectivity index (χ1) is 17.5. The van der Waals surface area contributed by atoms with Gasteiger partial charge in [0.15, 0.2) is 5.78 Å². The molecule has 1 aliphatic heterocycles. The van der Waals surface area contributed by atoms with Crippen molar-refractivity contribution in [3.63, 3.8) is 0 Å². The van der Waals surface area contributed by atoms with Crippen LogP contribution in [-0.2, 0) is 23.8 Å². The average molecular weight is 528 g/mol. The molecule has 10 nitrogen and oxygen atoms in total. The maximum atomic E-state index is 13.5. The third-order valence-corrected chi connectivity index (χ3v) is 6.01. The first-order valence-electron chi connectivity index (χ1n) is 9.92. The highest BCUT2D eigenvalue weighted by Gasteiger charge is 2.53. The summed E-state index contributed by atoms with van der Waals surface area (Å²) < 4.78 is 45.3. The van der Waals surface area contributed by atoms with E-state index in [-0.39, 0.29) is 43.3 Å². The Bertz CT molecular complexity index is 1530. The summed E-state index contributed by atoms with van der Waals surface area (Å²) in [6.07, 6.45) is -5.49. The molecule has 1 aliphatic carbocycles. The van der Waals surface area contributed by atoms with Crippen LogP contribution in [0.3, 0.4) is 0 Å². The zero-order chi connectivity index (χ0) is 27.1. The van der Waals surface area contributed by atoms with Crippen LogP contribution < -0.4 is 5.73 Å². The lowest BCUT2D eigenvalue weighted by atomic mass is 9.83. The number of imide groups is 1. The number of carbonyl (C=O) groups excluding carboxylic acids is 3. The smallest absolute Gasteiger partial charge is 0.398 e. The Balaban J connectivity index is 1.99. The molecule has 2 amide bonds. The summed E-state index contributed by atoms with van der Waals surface area (Å²) in [5.41, 5.74) is 3.50. The first kappa shape index (κ1) is 25.6. The van der Waals surface area contributed by atoms with Crippen molar-refractivity contribution in [1.29, 1.82) is 10.5 Å². The van der Waals surface area contributed by atoms with E-state index in [4.69, 9.17) is 11.0 Å². The highest BCUT2D eigenvalue weighted by Crippen LogP contribution is 2.45. The van der Waals surface area contributed by atoms with E-state index in [1.54, 1.807) is 0 Å². The summed E-state index contributed by atoms with van der Waals surface area (Å²) >= 11 is 0.541. The van der Waals surface area contributed by atoms with Crippen LogP contribution >= 0.6 is 12.0 Å². The molecule has 14 heteroatoms. The van der Waals surface area contributed by atoms with Crippen LogP contribution in [0.4, 0.5) is 13.2 Å². The van der Waals surface area contributed by atoms with E-state index < -0.39 is 40.6 Å². The second-order valence-corrected chi connectivity index (χ2v) is 8.11. The molecule has 2 N–H and O–H groups in total. The monoisotopic (exact) mass is 528 g/mol. The van der Waals surface area contributed by atoms with E-state index >= 15 is 0 Å². The Kier molecular flexibility index (Phi) is 6.60. The van der Waals surface area contributed by atoms with Gasteiger partial charge in [-0.3, -0.25) is 14.4 Å². The van der Waals surface area contributed by atoms with Gasteiger partial charge in [-0.05, 0) is 30.3 Å². The van der Waals surface area contributed by atoms with Gasteiger partial charge in [0.25, 0.3) is 5.91 Å². The molecule has 186 valence electrons. The van der Waals surface area contributed by atoms with Crippen molar-refractivity contribution in [1.82, 2.24) is 4.90 Å². The maximum absolute atomic E-state index is 13.5. The van der Waals surface area contributed by atoms with E-state index in [0.717, 1.165) is 13.2 Å². The van der Waals surface area contributed by atoms with Gasteiger partial charge in [0.1, 0.15) is 6.07 Å². The summed E-state index contributed by atoms with van der Waals surface area (Å²) in [4.78, 5) is 43.3. The van der Waals surface area contributed by atoms with Crippen molar-refractivity contribution in [3.05, 3.63) is 75.4 Å². The molecule has 0 spiro atoms.